The Morgan fingerprint density at radius 3 is 1.74 bits per heavy atom. The topological polar surface area (TPSA) is 22.1 Å². The molecule has 2 nitrogen and oxygen atoms in total. The van der Waals surface area contributed by atoms with E-state index < -0.39 is 5.41 Å². The molecular weight excluding hydrogens is 510 g/mol. The van der Waals surface area contributed by atoms with E-state index in [-0.39, 0.29) is 0 Å². The van der Waals surface area contributed by atoms with E-state index in [1.807, 2.05) is 12.3 Å². The third kappa shape index (κ3) is 3.07. The van der Waals surface area contributed by atoms with Gasteiger partial charge in [-0.2, -0.15) is 0 Å². The molecule has 42 heavy (non-hydrogen) atoms. The maximum absolute atomic E-state index is 6.84. The molecule has 0 fully saturated rings. The summed E-state index contributed by atoms with van der Waals surface area (Å²) in [6, 6.07) is 52.1. The Balaban J connectivity index is 1.27. The molecule has 1 aromatic heterocycles. The quantitative estimate of drug-likeness (QED) is 0.220. The van der Waals surface area contributed by atoms with E-state index in [2.05, 4.69) is 145 Å². The third-order valence-corrected chi connectivity index (χ3v) is 9.01. The molecular formula is C40H25NO. The maximum atomic E-state index is 6.84. The van der Waals surface area contributed by atoms with Gasteiger partial charge in [-0.1, -0.05) is 133 Å². The van der Waals surface area contributed by atoms with Crippen LogP contribution >= 0.6 is 0 Å². The Morgan fingerprint density at radius 1 is 0.429 bits per heavy atom. The van der Waals surface area contributed by atoms with E-state index in [9.17, 15) is 0 Å². The minimum atomic E-state index is -0.456. The number of rotatable bonds is 2. The van der Waals surface area contributed by atoms with Crippen molar-refractivity contribution in [2.75, 3.05) is 0 Å². The summed E-state index contributed by atoms with van der Waals surface area (Å²) in [5.41, 5.74) is 12.6. The first-order valence-electron chi connectivity index (χ1n) is 14.4. The second-order valence-corrected chi connectivity index (χ2v) is 11.1. The lowest BCUT2D eigenvalue weighted by Gasteiger charge is -2.40. The lowest BCUT2D eigenvalue weighted by atomic mass is 9.65. The van der Waals surface area contributed by atoms with Crippen LogP contribution in [0.2, 0.25) is 0 Å². The average Bonchev–Trinajstić information content (AvgIpc) is 3.35. The van der Waals surface area contributed by atoms with Gasteiger partial charge in [-0.25, -0.2) is 0 Å². The summed E-state index contributed by atoms with van der Waals surface area (Å²) in [6.45, 7) is 0. The van der Waals surface area contributed by atoms with Gasteiger partial charge in [0.1, 0.15) is 11.5 Å². The standard InChI is InChI=1S/C40H25NO/c1-3-16-33-31(12-1)32-13-2-4-17-34(32)40(33)35-18-5-6-20-37(35)42-39-30(15-8-19-36(39)40)27-23-21-26(22-24-27)29-14-7-10-28-11-9-25-41-38(28)29/h1-25H. The van der Waals surface area contributed by atoms with Crippen molar-refractivity contribution in [3.63, 3.8) is 0 Å². The summed E-state index contributed by atoms with van der Waals surface area (Å²) in [5.74, 6) is 1.82. The van der Waals surface area contributed by atoms with Gasteiger partial charge >= 0.3 is 0 Å². The molecule has 7 aromatic rings. The predicted molar refractivity (Wildman–Crippen MR) is 170 cm³/mol. The zero-order chi connectivity index (χ0) is 27.7. The number of benzene rings is 6. The summed E-state index contributed by atoms with van der Waals surface area (Å²) in [5, 5.41) is 1.14. The van der Waals surface area contributed by atoms with E-state index in [0.29, 0.717) is 0 Å². The molecule has 0 atom stereocenters. The molecule has 0 amide bonds. The summed E-state index contributed by atoms with van der Waals surface area (Å²) >= 11 is 0. The van der Waals surface area contributed by atoms with Gasteiger partial charge in [0.05, 0.1) is 10.9 Å². The summed E-state index contributed by atoms with van der Waals surface area (Å²) < 4.78 is 6.84. The number of hydrogen-bond donors (Lipinski definition) is 0. The van der Waals surface area contributed by atoms with Crippen molar-refractivity contribution in [2.45, 2.75) is 5.41 Å². The summed E-state index contributed by atoms with van der Waals surface area (Å²) in [7, 11) is 0. The van der Waals surface area contributed by atoms with Crippen molar-refractivity contribution in [3.8, 4) is 44.9 Å². The first-order valence-corrected chi connectivity index (χ1v) is 14.4. The van der Waals surface area contributed by atoms with Gasteiger partial charge in [-0.3, -0.25) is 4.98 Å². The number of hydrogen-bond acceptors (Lipinski definition) is 2. The van der Waals surface area contributed by atoms with Crippen molar-refractivity contribution in [1.82, 2.24) is 4.98 Å². The molecule has 196 valence electrons. The largest absolute Gasteiger partial charge is 0.456 e. The molecule has 0 unspecified atom stereocenters. The molecule has 2 heteroatoms. The molecule has 6 aromatic carbocycles. The van der Waals surface area contributed by atoms with Crippen molar-refractivity contribution in [1.29, 1.82) is 0 Å². The minimum Gasteiger partial charge on any atom is -0.456 e. The van der Waals surface area contributed by atoms with Crippen LogP contribution in [0.4, 0.5) is 0 Å². The first kappa shape index (κ1) is 23.3. The van der Waals surface area contributed by atoms with Crippen LogP contribution in [0.5, 0.6) is 11.5 Å². The van der Waals surface area contributed by atoms with E-state index in [1.165, 1.54) is 33.4 Å². The molecule has 2 heterocycles. The molecule has 1 spiro atoms. The maximum Gasteiger partial charge on any atom is 0.140 e. The molecule has 9 rings (SSSR count). The Labute approximate surface area is 244 Å². The smallest absolute Gasteiger partial charge is 0.140 e. The van der Waals surface area contributed by atoms with Crippen molar-refractivity contribution in [2.24, 2.45) is 0 Å². The van der Waals surface area contributed by atoms with Gasteiger partial charge in [0.2, 0.25) is 0 Å². The molecule has 0 N–H and O–H groups in total. The van der Waals surface area contributed by atoms with E-state index in [4.69, 9.17) is 4.74 Å². The molecule has 0 saturated carbocycles. The summed E-state index contributed by atoms with van der Waals surface area (Å²) in [4.78, 5) is 4.67. The first-order chi connectivity index (χ1) is 20.8. The molecule has 0 bridgehead atoms. The van der Waals surface area contributed by atoms with E-state index in [0.717, 1.165) is 44.7 Å². The van der Waals surface area contributed by atoms with Gasteiger partial charge in [-0.15, -0.1) is 0 Å². The van der Waals surface area contributed by atoms with Gasteiger partial charge in [-0.05, 0) is 45.5 Å². The van der Waals surface area contributed by atoms with Gasteiger partial charge in [0.15, 0.2) is 0 Å². The zero-order valence-corrected chi connectivity index (χ0v) is 22.8. The number of aromatic nitrogens is 1. The number of nitrogens with zero attached hydrogens (tertiary/aromatic N) is 1. The van der Waals surface area contributed by atoms with E-state index in [1.54, 1.807) is 0 Å². The fourth-order valence-electron chi connectivity index (χ4n) is 7.27. The minimum absolute atomic E-state index is 0.456. The fraction of sp³-hybridized carbons (Fsp3) is 0.0250. The van der Waals surface area contributed by atoms with Crippen molar-refractivity contribution < 1.29 is 4.74 Å². The lowest BCUT2D eigenvalue weighted by molar-refractivity contribution is 0.438. The predicted octanol–water partition coefficient (Wildman–Crippen LogP) is 10.0. The highest BCUT2D eigenvalue weighted by Gasteiger charge is 2.51. The van der Waals surface area contributed by atoms with Crippen LogP contribution in [-0.4, -0.2) is 4.98 Å². The zero-order valence-electron chi connectivity index (χ0n) is 22.8. The average molecular weight is 536 g/mol. The monoisotopic (exact) mass is 535 g/mol. The van der Waals surface area contributed by atoms with E-state index >= 15 is 0 Å². The van der Waals surface area contributed by atoms with Gasteiger partial charge < -0.3 is 4.74 Å². The molecule has 0 saturated heterocycles. The fourth-order valence-corrected chi connectivity index (χ4v) is 7.27. The third-order valence-electron chi connectivity index (χ3n) is 9.01. The Hall–Kier alpha value is -5.47. The molecule has 2 aliphatic rings. The van der Waals surface area contributed by atoms with Crippen LogP contribution in [0, 0.1) is 0 Å². The second kappa shape index (κ2) is 8.76. The van der Waals surface area contributed by atoms with Gasteiger partial charge in [0, 0.05) is 33.8 Å². The normalized spacial score (nSPS) is 13.6. The Bertz CT molecular complexity index is 2130. The van der Waals surface area contributed by atoms with Crippen molar-refractivity contribution in [3.05, 3.63) is 174 Å². The van der Waals surface area contributed by atoms with Crippen LogP contribution in [0.1, 0.15) is 22.3 Å². The van der Waals surface area contributed by atoms with Crippen LogP contribution in [-0.2, 0) is 5.41 Å². The number of pyridine rings is 1. The highest BCUT2D eigenvalue weighted by atomic mass is 16.5. The number of fused-ring (bicyclic) bond motifs is 10. The lowest BCUT2D eigenvalue weighted by Crippen LogP contribution is -2.32. The molecule has 1 aliphatic heterocycles. The van der Waals surface area contributed by atoms with Crippen LogP contribution in [0.3, 0.4) is 0 Å². The highest BCUT2D eigenvalue weighted by molar-refractivity contribution is 5.94. The Kier molecular flexibility index (Phi) is 4.85. The van der Waals surface area contributed by atoms with Gasteiger partial charge in [0.25, 0.3) is 0 Å². The van der Waals surface area contributed by atoms with Crippen LogP contribution in [0.25, 0.3) is 44.3 Å². The second-order valence-electron chi connectivity index (χ2n) is 11.1. The van der Waals surface area contributed by atoms with Crippen molar-refractivity contribution >= 4 is 10.9 Å². The SMILES string of the molecule is c1ccc2c(c1)Oc1c(-c3ccc(-c4cccc5cccnc45)cc3)cccc1C21c2ccccc2-c2ccccc21. The van der Waals surface area contributed by atoms with Crippen LogP contribution in [0.15, 0.2) is 152 Å². The molecule has 0 radical (unpaired) electrons. The highest BCUT2D eigenvalue weighted by Crippen LogP contribution is 2.63. The number of ether oxygens (including phenoxy) is 1. The Morgan fingerprint density at radius 2 is 0.976 bits per heavy atom. The number of para-hydroxylation sites is 3. The molecule has 1 aliphatic carbocycles. The van der Waals surface area contributed by atoms with Crippen LogP contribution < -0.4 is 4.74 Å². The summed E-state index contributed by atoms with van der Waals surface area (Å²) in [6.07, 6.45) is 1.86.